The van der Waals surface area contributed by atoms with Crippen LogP contribution in [0.2, 0.25) is 5.02 Å². The summed E-state index contributed by atoms with van der Waals surface area (Å²) in [7, 11) is 0. The fourth-order valence-corrected chi connectivity index (χ4v) is 1.76. The molecule has 0 aliphatic heterocycles. The number of rotatable bonds is 2. The van der Waals surface area contributed by atoms with E-state index in [0.29, 0.717) is 21.8 Å². The maximum Gasteiger partial charge on any atom is 0.196 e. The van der Waals surface area contributed by atoms with Gasteiger partial charge in [0.05, 0.1) is 0 Å². The summed E-state index contributed by atoms with van der Waals surface area (Å²) in [6, 6.07) is 6.62. The van der Waals surface area contributed by atoms with Gasteiger partial charge in [-0.25, -0.2) is 0 Å². The molecule has 1 aromatic carbocycles. The summed E-state index contributed by atoms with van der Waals surface area (Å²) in [6.07, 6.45) is 3.23. The largest absolute Gasteiger partial charge is 0.398 e. The fourth-order valence-electron chi connectivity index (χ4n) is 1.57. The Balaban J connectivity index is 2.44. The van der Waals surface area contributed by atoms with Crippen LogP contribution in [0.15, 0.2) is 36.7 Å². The molecule has 2 N–H and O–H groups in total. The summed E-state index contributed by atoms with van der Waals surface area (Å²) in [5.74, 6) is -0.143. The summed E-state index contributed by atoms with van der Waals surface area (Å²) >= 11 is 5.79. The molecule has 4 heteroatoms. The van der Waals surface area contributed by atoms with Crippen LogP contribution in [-0.2, 0) is 0 Å². The number of hydrogen-bond acceptors (Lipinski definition) is 3. The molecule has 0 saturated carbocycles. The molecule has 0 bridgehead atoms. The van der Waals surface area contributed by atoms with Crippen molar-refractivity contribution in [1.29, 1.82) is 0 Å². The molecular formula is C13H11ClN2O. The van der Waals surface area contributed by atoms with E-state index < -0.39 is 0 Å². The lowest BCUT2D eigenvalue weighted by Gasteiger charge is -2.05. The van der Waals surface area contributed by atoms with Gasteiger partial charge in [-0.2, -0.15) is 0 Å². The van der Waals surface area contributed by atoms with Gasteiger partial charge in [-0.3, -0.25) is 9.78 Å². The number of nitrogen functional groups attached to an aromatic ring is 1. The van der Waals surface area contributed by atoms with E-state index in [2.05, 4.69) is 4.98 Å². The Morgan fingerprint density at radius 1 is 1.29 bits per heavy atom. The lowest BCUT2D eigenvalue weighted by molar-refractivity contribution is 0.103. The summed E-state index contributed by atoms with van der Waals surface area (Å²) in [5, 5.41) is 0.515. The third kappa shape index (κ3) is 2.45. The normalized spacial score (nSPS) is 10.2. The number of halogens is 1. The minimum atomic E-state index is -0.143. The molecule has 0 spiro atoms. The van der Waals surface area contributed by atoms with Gasteiger partial charge in [-0.05, 0) is 36.8 Å². The van der Waals surface area contributed by atoms with Crippen LogP contribution < -0.4 is 5.73 Å². The molecule has 1 aromatic heterocycles. The Labute approximate surface area is 104 Å². The van der Waals surface area contributed by atoms with E-state index in [9.17, 15) is 4.79 Å². The summed E-state index contributed by atoms with van der Waals surface area (Å²) in [5.41, 5.74) is 8.06. The molecular weight excluding hydrogens is 236 g/mol. The number of pyridine rings is 1. The van der Waals surface area contributed by atoms with Crippen LogP contribution in [0.4, 0.5) is 5.69 Å². The van der Waals surface area contributed by atoms with Gasteiger partial charge in [0.25, 0.3) is 0 Å². The van der Waals surface area contributed by atoms with Gasteiger partial charge in [0.1, 0.15) is 0 Å². The van der Waals surface area contributed by atoms with E-state index in [0.717, 1.165) is 5.56 Å². The van der Waals surface area contributed by atoms with Crippen LogP contribution in [-0.4, -0.2) is 10.8 Å². The number of aryl methyl sites for hydroxylation is 1. The van der Waals surface area contributed by atoms with E-state index in [1.54, 1.807) is 30.5 Å². The van der Waals surface area contributed by atoms with Crippen molar-refractivity contribution in [2.45, 2.75) is 6.92 Å². The minimum absolute atomic E-state index is 0.143. The average molecular weight is 247 g/mol. The average Bonchev–Trinajstić information content (AvgIpc) is 2.28. The van der Waals surface area contributed by atoms with Crippen molar-refractivity contribution in [3.05, 3.63) is 58.4 Å². The van der Waals surface area contributed by atoms with Gasteiger partial charge >= 0.3 is 0 Å². The zero-order chi connectivity index (χ0) is 12.4. The van der Waals surface area contributed by atoms with E-state index in [4.69, 9.17) is 17.3 Å². The standard InChI is InChI=1S/C13H11ClN2O/c1-8-4-9(7-16-6-8)13(17)11-3-2-10(14)5-12(11)15/h2-7H,15H2,1H3. The zero-order valence-electron chi connectivity index (χ0n) is 9.27. The summed E-state index contributed by atoms with van der Waals surface area (Å²) < 4.78 is 0. The Bertz CT molecular complexity index is 581. The lowest BCUT2D eigenvalue weighted by atomic mass is 10.0. The fraction of sp³-hybridized carbons (Fsp3) is 0.0769. The quantitative estimate of drug-likeness (QED) is 0.655. The first-order valence-corrected chi connectivity index (χ1v) is 5.47. The van der Waals surface area contributed by atoms with E-state index in [-0.39, 0.29) is 5.78 Å². The molecule has 2 aromatic rings. The van der Waals surface area contributed by atoms with E-state index in [1.807, 2.05) is 6.92 Å². The Kier molecular flexibility index (Phi) is 3.11. The van der Waals surface area contributed by atoms with Crippen molar-refractivity contribution in [3.8, 4) is 0 Å². The number of ketones is 1. The molecule has 17 heavy (non-hydrogen) atoms. The van der Waals surface area contributed by atoms with E-state index >= 15 is 0 Å². The number of carbonyl (C=O) groups excluding carboxylic acids is 1. The van der Waals surface area contributed by atoms with Crippen LogP contribution in [0, 0.1) is 6.92 Å². The van der Waals surface area contributed by atoms with Crippen LogP contribution >= 0.6 is 11.6 Å². The maximum atomic E-state index is 12.2. The second-order valence-electron chi connectivity index (χ2n) is 3.81. The van der Waals surface area contributed by atoms with Crippen molar-refractivity contribution in [2.24, 2.45) is 0 Å². The molecule has 3 nitrogen and oxygen atoms in total. The first-order chi connectivity index (χ1) is 8.08. The van der Waals surface area contributed by atoms with Crippen LogP contribution in [0.25, 0.3) is 0 Å². The molecule has 0 saturated heterocycles. The number of anilines is 1. The minimum Gasteiger partial charge on any atom is -0.398 e. The highest BCUT2D eigenvalue weighted by Gasteiger charge is 2.12. The highest BCUT2D eigenvalue weighted by atomic mass is 35.5. The Morgan fingerprint density at radius 2 is 2.06 bits per heavy atom. The number of nitrogens with two attached hydrogens (primary N) is 1. The molecule has 0 radical (unpaired) electrons. The third-order valence-corrected chi connectivity index (χ3v) is 2.63. The highest BCUT2D eigenvalue weighted by molar-refractivity contribution is 6.31. The topological polar surface area (TPSA) is 56.0 Å². The molecule has 0 amide bonds. The third-order valence-electron chi connectivity index (χ3n) is 2.40. The molecule has 86 valence electrons. The van der Waals surface area contributed by atoms with Gasteiger partial charge < -0.3 is 5.73 Å². The van der Waals surface area contributed by atoms with Crippen LogP contribution in [0.1, 0.15) is 21.5 Å². The van der Waals surface area contributed by atoms with Crippen molar-refractivity contribution in [1.82, 2.24) is 4.98 Å². The molecule has 2 rings (SSSR count). The number of aromatic nitrogens is 1. The SMILES string of the molecule is Cc1cncc(C(=O)c2ccc(Cl)cc2N)c1. The van der Waals surface area contributed by atoms with Crippen LogP contribution in [0.5, 0.6) is 0 Å². The molecule has 0 atom stereocenters. The van der Waals surface area contributed by atoms with Gasteiger partial charge in [-0.1, -0.05) is 11.6 Å². The smallest absolute Gasteiger partial charge is 0.196 e. The highest BCUT2D eigenvalue weighted by Crippen LogP contribution is 2.21. The monoisotopic (exact) mass is 246 g/mol. The number of benzene rings is 1. The molecule has 0 unspecified atom stereocenters. The summed E-state index contributed by atoms with van der Waals surface area (Å²) in [4.78, 5) is 16.2. The van der Waals surface area contributed by atoms with Gasteiger partial charge in [0.15, 0.2) is 5.78 Å². The molecule has 1 heterocycles. The van der Waals surface area contributed by atoms with Crippen molar-refractivity contribution in [3.63, 3.8) is 0 Å². The number of hydrogen-bond donors (Lipinski definition) is 1. The van der Waals surface area contributed by atoms with Crippen molar-refractivity contribution < 1.29 is 4.79 Å². The first kappa shape index (κ1) is 11.6. The maximum absolute atomic E-state index is 12.2. The van der Waals surface area contributed by atoms with Crippen molar-refractivity contribution in [2.75, 3.05) is 5.73 Å². The molecule has 0 aliphatic rings. The van der Waals surface area contributed by atoms with Crippen LogP contribution in [0.3, 0.4) is 0 Å². The molecule has 0 fully saturated rings. The Hall–Kier alpha value is -1.87. The zero-order valence-corrected chi connectivity index (χ0v) is 10.0. The predicted molar refractivity (Wildman–Crippen MR) is 68.3 cm³/mol. The number of carbonyl (C=O) groups is 1. The number of nitrogens with zero attached hydrogens (tertiary/aromatic N) is 1. The molecule has 0 aliphatic carbocycles. The predicted octanol–water partition coefficient (Wildman–Crippen LogP) is 2.86. The second-order valence-corrected chi connectivity index (χ2v) is 4.25. The first-order valence-electron chi connectivity index (χ1n) is 5.09. The van der Waals surface area contributed by atoms with Gasteiger partial charge in [-0.15, -0.1) is 0 Å². The summed E-state index contributed by atoms with van der Waals surface area (Å²) in [6.45, 7) is 1.88. The second kappa shape index (κ2) is 4.55. The van der Waals surface area contributed by atoms with E-state index in [1.165, 1.54) is 6.20 Å². The van der Waals surface area contributed by atoms with Crippen molar-refractivity contribution >= 4 is 23.1 Å². The lowest BCUT2D eigenvalue weighted by Crippen LogP contribution is -2.06. The Morgan fingerprint density at radius 3 is 2.71 bits per heavy atom. The van der Waals surface area contributed by atoms with Gasteiger partial charge in [0.2, 0.25) is 0 Å². The van der Waals surface area contributed by atoms with Gasteiger partial charge in [0, 0.05) is 34.2 Å².